The predicted octanol–water partition coefficient (Wildman–Crippen LogP) is 4.39. The van der Waals surface area contributed by atoms with Crippen LogP contribution in [0.2, 0.25) is 0 Å². The molecule has 0 amide bonds. The van der Waals surface area contributed by atoms with E-state index in [1.807, 2.05) is 12.1 Å². The van der Waals surface area contributed by atoms with Gasteiger partial charge in [-0.2, -0.15) is 0 Å². The molecule has 21 heavy (non-hydrogen) atoms. The van der Waals surface area contributed by atoms with Gasteiger partial charge in [-0.05, 0) is 31.0 Å². The first-order chi connectivity index (χ1) is 10.2. The highest BCUT2D eigenvalue weighted by Gasteiger charge is 2.15. The van der Waals surface area contributed by atoms with Gasteiger partial charge in [0.25, 0.3) is 0 Å². The molecule has 3 nitrogen and oxygen atoms in total. The van der Waals surface area contributed by atoms with E-state index in [1.165, 1.54) is 11.1 Å². The third-order valence-corrected chi connectivity index (χ3v) is 3.93. The number of nitrogens with two attached hydrogens (primary N) is 1. The van der Waals surface area contributed by atoms with Crippen LogP contribution >= 0.6 is 0 Å². The van der Waals surface area contributed by atoms with Crippen molar-refractivity contribution in [1.29, 1.82) is 0 Å². The van der Waals surface area contributed by atoms with Gasteiger partial charge in [-0.15, -0.1) is 0 Å². The van der Waals surface area contributed by atoms with Gasteiger partial charge in [-0.25, -0.2) is 4.98 Å². The molecule has 0 aliphatic heterocycles. The smallest absolute Gasteiger partial charge is 0.141 e. The number of hydrogen-bond donors (Lipinski definition) is 1. The Morgan fingerprint density at radius 2 is 1.90 bits per heavy atom. The van der Waals surface area contributed by atoms with E-state index in [2.05, 4.69) is 48.7 Å². The molecule has 1 aromatic heterocycles. The van der Waals surface area contributed by atoms with Gasteiger partial charge in [0, 0.05) is 12.1 Å². The molecule has 1 heterocycles. The molecule has 0 saturated carbocycles. The average molecular weight is 279 g/mol. The number of benzene rings is 2. The maximum Gasteiger partial charge on any atom is 0.141 e. The van der Waals surface area contributed by atoms with Crippen LogP contribution in [0.5, 0.6) is 0 Å². The highest BCUT2D eigenvalue weighted by molar-refractivity contribution is 5.90. The summed E-state index contributed by atoms with van der Waals surface area (Å²) in [6, 6.07) is 14.4. The number of aromatic nitrogens is 2. The zero-order chi connectivity index (χ0) is 14.8. The molecule has 0 atom stereocenters. The maximum atomic E-state index is 6.11. The van der Waals surface area contributed by atoms with E-state index >= 15 is 0 Å². The lowest BCUT2D eigenvalue weighted by Gasteiger charge is -2.10. The van der Waals surface area contributed by atoms with Crippen molar-refractivity contribution >= 4 is 16.7 Å². The number of nitrogens with zero attached hydrogens (tertiary/aromatic N) is 2. The number of nitrogen functional groups attached to an aromatic ring is 1. The third-order valence-electron chi connectivity index (χ3n) is 3.93. The third kappa shape index (κ3) is 2.40. The number of unbranched alkanes of at least 4 members (excludes halogenated alkanes) is 1. The van der Waals surface area contributed by atoms with Crippen LogP contribution in [0.4, 0.5) is 5.69 Å². The van der Waals surface area contributed by atoms with Crippen LogP contribution in [-0.4, -0.2) is 9.55 Å². The lowest BCUT2D eigenvalue weighted by molar-refractivity contribution is 0.651. The van der Waals surface area contributed by atoms with Gasteiger partial charge in [-0.3, -0.25) is 0 Å². The quantitative estimate of drug-likeness (QED) is 0.720. The Bertz CT molecular complexity index is 771. The summed E-state index contributed by atoms with van der Waals surface area (Å²) in [6.07, 6.45) is 2.30. The second kappa shape index (κ2) is 5.60. The van der Waals surface area contributed by atoms with Crippen molar-refractivity contribution < 1.29 is 0 Å². The van der Waals surface area contributed by atoms with Crippen LogP contribution in [-0.2, 0) is 6.54 Å². The van der Waals surface area contributed by atoms with Crippen molar-refractivity contribution in [2.75, 3.05) is 5.73 Å². The molecule has 0 spiro atoms. The van der Waals surface area contributed by atoms with Crippen molar-refractivity contribution in [3.8, 4) is 11.4 Å². The molecule has 2 aromatic carbocycles. The number of rotatable bonds is 4. The van der Waals surface area contributed by atoms with E-state index in [9.17, 15) is 0 Å². The molecule has 0 fully saturated rings. The number of imidazole rings is 1. The van der Waals surface area contributed by atoms with E-state index in [-0.39, 0.29) is 0 Å². The van der Waals surface area contributed by atoms with Gasteiger partial charge < -0.3 is 10.3 Å². The van der Waals surface area contributed by atoms with Gasteiger partial charge in [0.05, 0.1) is 11.2 Å². The Labute approximate surface area is 125 Å². The molecule has 0 unspecified atom stereocenters. The summed E-state index contributed by atoms with van der Waals surface area (Å²) in [7, 11) is 0. The highest BCUT2D eigenvalue weighted by atomic mass is 15.1. The van der Waals surface area contributed by atoms with Crippen molar-refractivity contribution in [3.63, 3.8) is 0 Å². The monoisotopic (exact) mass is 279 g/mol. The number of fused-ring (bicyclic) bond motifs is 1. The summed E-state index contributed by atoms with van der Waals surface area (Å²) in [6.45, 7) is 5.31. The zero-order valence-electron chi connectivity index (χ0n) is 12.6. The Morgan fingerprint density at radius 1 is 1.10 bits per heavy atom. The molecule has 2 N–H and O–H groups in total. The Kier molecular flexibility index (Phi) is 3.65. The number of para-hydroxylation sites is 1. The molecular formula is C18H21N3. The van der Waals surface area contributed by atoms with E-state index < -0.39 is 0 Å². The van der Waals surface area contributed by atoms with Crippen molar-refractivity contribution in [1.82, 2.24) is 9.55 Å². The fourth-order valence-corrected chi connectivity index (χ4v) is 2.74. The summed E-state index contributed by atoms with van der Waals surface area (Å²) in [5.74, 6) is 1.02. The fourth-order valence-electron chi connectivity index (χ4n) is 2.74. The molecule has 3 aromatic rings. The van der Waals surface area contributed by atoms with Gasteiger partial charge in [0.1, 0.15) is 11.3 Å². The molecule has 0 aliphatic carbocycles. The standard InChI is InChI=1S/C18H21N3/c1-3-4-12-21-16-11-7-10-15(19)17(16)20-18(21)14-9-6-5-8-13(14)2/h5-11H,3-4,12,19H2,1-2H3. The lowest BCUT2D eigenvalue weighted by Crippen LogP contribution is -2.01. The summed E-state index contributed by atoms with van der Waals surface area (Å²) in [4.78, 5) is 4.83. The average Bonchev–Trinajstić information content (AvgIpc) is 2.85. The Hall–Kier alpha value is -2.29. The minimum atomic E-state index is 0.748. The van der Waals surface area contributed by atoms with E-state index in [1.54, 1.807) is 0 Å². The summed E-state index contributed by atoms with van der Waals surface area (Å²) >= 11 is 0. The second-order valence-electron chi connectivity index (χ2n) is 5.47. The topological polar surface area (TPSA) is 43.8 Å². The molecule has 3 rings (SSSR count). The zero-order valence-corrected chi connectivity index (χ0v) is 12.6. The van der Waals surface area contributed by atoms with Crippen LogP contribution < -0.4 is 5.73 Å². The lowest BCUT2D eigenvalue weighted by atomic mass is 10.1. The van der Waals surface area contributed by atoms with Crippen molar-refractivity contribution in [3.05, 3.63) is 48.0 Å². The summed E-state index contributed by atoms with van der Waals surface area (Å²) in [5, 5.41) is 0. The Morgan fingerprint density at radius 3 is 2.67 bits per heavy atom. The molecule has 0 radical (unpaired) electrons. The Balaban J connectivity index is 2.26. The fraction of sp³-hybridized carbons (Fsp3) is 0.278. The van der Waals surface area contributed by atoms with Gasteiger partial charge in [-0.1, -0.05) is 43.7 Å². The van der Waals surface area contributed by atoms with E-state index in [4.69, 9.17) is 10.7 Å². The first kappa shape index (κ1) is 13.7. The largest absolute Gasteiger partial charge is 0.397 e. The van der Waals surface area contributed by atoms with Crippen LogP contribution in [0.1, 0.15) is 25.3 Å². The van der Waals surface area contributed by atoms with Gasteiger partial charge in [0.15, 0.2) is 0 Å². The summed E-state index contributed by atoms with van der Waals surface area (Å²) < 4.78 is 2.30. The van der Waals surface area contributed by atoms with Crippen LogP contribution in [0.3, 0.4) is 0 Å². The normalized spacial score (nSPS) is 11.1. The summed E-state index contributed by atoms with van der Waals surface area (Å²) in [5.41, 5.74) is 11.3. The molecule has 3 heteroatoms. The first-order valence-electron chi connectivity index (χ1n) is 7.53. The van der Waals surface area contributed by atoms with E-state index in [0.29, 0.717) is 0 Å². The predicted molar refractivity (Wildman–Crippen MR) is 89.2 cm³/mol. The molecule has 0 bridgehead atoms. The first-order valence-corrected chi connectivity index (χ1v) is 7.53. The molecular weight excluding hydrogens is 258 g/mol. The van der Waals surface area contributed by atoms with Crippen LogP contribution in [0.25, 0.3) is 22.4 Å². The van der Waals surface area contributed by atoms with Crippen LogP contribution in [0, 0.1) is 6.92 Å². The SMILES string of the molecule is CCCCn1c(-c2ccccc2C)nc2c(N)cccc21. The van der Waals surface area contributed by atoms with E-state index in [0.717, 1.165) is 41.9 Å². The van der Waals surface area contributed by atoms with Crippen molar-refractivity contribution in [2.24, 2.45) is 0 Å². The molecule has 108 valence electrons. The number of anilines is 1. The number of hydrogen-bond acceptors (Lipinski definition) is 2. The second-order valence-corrected chi connectivity index (χ2v) is 5.47. The molecule has 0 saturated heterocycles. The highest BCUT2D eigenvalue weighted by Crippen LogP contribution is 2.30. The number of aryl methyl sites for hydroxylation is 2. The van der Waals surface area contributed by atoms with Gasteiger partial charge >= 0.3 is 0 Å². The van der Waals surface area contributed by atoms with Gasteiger partial charge in [0.2, 0.25) is 0 Å². The molecule has 0 aliphatic rings. The minimum Gasteiger partial charge on any atom is -0.397 e. The minimum absolute atomic E-state index is 0.748. The van der Waals surface area contributed by atoms with Crippen molar-refractivity contribution in [2.45, 2.75) is 33.2 Å². The van der Waals surface area contributed by atoms with Crippen LogP contribution in [0.15, 0.2) is 42.5 Å². The maximum absolute atomic E-state index is 6.11.